The Labute approximate surface area is 96.8 Å². The molecule has 1 atom stereocenters. The molecule has 1 fully saturated rings. The third-order valence-electron chi connectivity index (χ3n) is 3.17. The van der Waals surface area contributed by atoms with Crippen molar-refractivity contribution in [2.24, 2.45) is 5.73 Å². The van der Waals surface area contributed by atoms with Crippen LogP contribution in [0.15, 0.2) is 6.07 Å². The maximum absolute atomic E-state index is 6.36. The van der Waals surface area contributed by atoms with Gasteiger partial charge in [0, 0.05) is 30.8 Å². The van der Waals surface area contributed by atoms with E-state index in [1.807, 2.05) is 11.6 Å². The van der Waals surface area contributed by atoms with Crippen LogP contribution in [0, 0.1) is 6.92 Å². The fraction of sp³-hybridized carbons (Fsp3) is 0.750. The van der Waals surface area contributed by atoms with Crippen LogP contribution in [0.3, 0.4) is 0 Å². The van der Waals surface area contributed by atoms with Crippen LogP contribution in [0.1, 0.15) is 31.2 Å². The fourth-order valence-electron chi connectivity index (χ4n) is 2.39. The lowest BCUT2D eigenvalue weighted by atomic mass is 9.88. The normalized spacial score (nSPS) is 25.9. The molecule has 0 radical (unpaired) electrons. The van der Waals surface area contributed by atoms with Crippen LogP contribution in [0.5, 0.6) is 0 Å². The van der Waals surface area contributed by atoms with Crippen LogP contribution in [0.2, 0.25) is 0 Å². The minimum atomic E-state index is -0.197. The maximum atomic E-state index is 6.36. The minimum absolute atomic E-state index is 0.197. The topological polar surface area (TPSA) is 53.1 Å². The van der Waals surface area contributed by atoms with Gasteiger partial charge in [-0.15, -0.1) is 0 Å². The summed E-state index contributed by atoms with van der Waals surface area (Å²) in [5, 5.41) is 4.45. The van der Waals surface area contributed by atoms with E-state index in [4.69, 9.17) is 10.5 Å². The van der Waals surface area contributed by atoms with Crippen molar-refractivity contribution >= 4 is 0 Å². The molecule has 1 aromatic rings. The first-order chi connectivity index (χ1) is 7.63. The zero-order chi connectivity index (χ0) is 11.6. The smallest absolute Gasteiger partial charge is 0.0650 e. The van der Waals surface area contributed by atoms with Gasteiger partial charge < -0.3 is 10.5 Å². The van der Waals surface area contributed by atoms with E-state index in [0.29, 0.717) is 6.61 Å². The Morgan fingerprint density at radius 3 is 3.06 bits per heavy atom. The Morgan fingerprint density at radius 1 is 1.62 bits per heavy atom. The standard InChI is InChI=1S/C12H21N3O/c1-3-15-11(7-10(2)14-15)8-12(13)5-4-6-16-9-12/h7H,3-6,8-9,13H2,1-2H3. The van der Waals surface area contributed by atoms with Crippen LogP contribution in [-0.2, 0) is 17.7 Å². The maximum Gasteiger partial charge on any atom is 0.0650 e. The largest absolute Gasteiger partial charge is 0.380 e. The van der Waals surface area contributed by atoms with E-state index in [1.165, 1.54) is 5.69 Å². The number of nitrogens with zero attached hydrogens (tertiary/aromatic N) is 2. The predicted octanol–water partition coefficient (Wildman–Crippen LogP) is 1.26. The minimum Gasteiger partial charge on any atom is -0.380 e. The first-order valence-corrected chi connectivity index (χ1v) is 6.03. The number of rotatable bonds is 3. The monoisotopic (exact) mass is 223 g/mol. The van der Waals surface area contributed by atoms with Crippen molar-refractivity contribution in [3.63, 3.8) is 0 Å². The third kappa shape index (κ3) is 2.44. The summed E-state index contributed by atoms with van der Waals surface area (Å²) >= 11 is 0. The Hall–Kier alpha value is -0.870. The van der Waals surface area contributed by atoms with Crippen LogP contribution in [0.4, 0.5) is 0 Å². The summed E-state index contributed by atoms with van der Waals surface area (Å²) in [6.45, 7) is 6.55. The van der Waals surface area contributed by atoms with Crippen LogP contribution >= 0.6 is 0 Å². The van der Waals surface area contributed by atoms with E-state index >= 15 is 0 Å². The van der Waals surface area contributed by atoms with Gasteiger partial charge in [0.2, 0.25) is 0 Å². The fourth-order valence-corrected chi connectivity index (χ4v) is 2.39. The number of aryl methyl sites for hydroxylation is 2. The van der Waals surface area contributed by atoms with E-state index in [1.54, 1.807) is 0 Å². The van der Waals surface area contributed by atoms with Crippen molar-refractivity contribution in [1.29, 1.82) is 0 Å². The van der Waals surface area contributed by atoms with E-state index in [-0.39, 0.29) is 5.54 Å². The molecule has 0 amide bonds. The molecule has 0 bridgehead atoms. The molecular formula is C12H21N3O. The molecule has 4 heteroatoms. The summed E-state index contributed by atoms with van der Waals surface area (Å²) in [4.78, 5) is 0. The molecule has 1 aromatic heterocycles. The zero-order valence-electron chi connectivity index (χ0n) is 10.2. The molecule has 0 aromatic carbocycles. The van der Waals surface area contributed by atoms with Gasteiger partial charge in [-0.2, -0.15) is 5.10 Å². The summed E-state index contributed by atoms with van der Waals surface area (Å²) in [6.07, 6.45) is 2.97. The average molecular weight is 223 g/mol. The first kappa shape index (κ1) is 11.6. The lowest BCUT2D eigenvalue weighted by Gasteiger charge is -2.33. The van der Waals surface area contributed by atoms with Gasteiger partial charge in [-0.3, -0.25) is 4.68 Å². The van der Waals surface area contributed by atoms with Crippen molar-refractivity contribution in [1.82, 2.24) is 9.78 Å². The molecule has 1 aliphatic rings. The Morgan fingerprint density at radius 2 is 2.44 bits per heavy atom. The molecular weight excluding hydrogens is 202 g/mol. The molecule has 16 heavy (non-hydrogen) atoms. The SMILES string of the molecule is CCn1nc(C)cc1CC1(N)CCCOC1. The van der Waals surface area contributed by atoms with Crippen molar-refractivity contribution in [3.05, 3.63) is 17.5 Å². The molecule has 2 rings (SSSR count). The number of nitrogens with two attached hydrogens (primary N) is 1. The van der Waals surface area contributed by atoms with E-state index in [9.17, 15) is 0 Å². The van der Waals surface area contributed by atoms with E-state index in [0.717, 1.165) is 38.1 Å². The van der Waals surface area contributed by atoms with Crippen molar-refractivity contribution in [3.8, 4) is 0 Å². The number of aromatic nitrogens is 2. The average Bonchev–Trinajstić information content (AvgIpc) is 2.59. The summed E-state index contributed by atoms with van der Waals surface area (Å²) < 4.78 is 7.52. The van der Waals surface area contributed by atoms with Gasteiger partial charge in [-0.1, -0.05) is 0 Å². The second-order valence-corrected chi connectivity index (χ2v) is 4.79. The number of ether oxygens (including phenoxy) is 1. The van der Waals surface area contributed by atoms with Crippen molar-refractivity contribution in [2.75, 3.05) is 13.2 Å². The van der Waals surface area contributed by atoms with Gasteiger partial charge in [0.1, 0.15) is 0 Å². The Bertz CT molecular complexity index is 353. The Kier molecular flexibility index (Phi) is 3.30. The highest BCUT2D eigenvalue weighted by molar-refractivity contribution is 5.13. The number of hydrogen-bond acceptors (Lipinski definition) is 3. The van der Waals surface area contributed by atoms with Crippen LogP contribution in [-0.4, -0.2) is 28.5 Å². The Balaban J connectivity index is 2.12. The lowest BCUT2D eigenvalue weighted by molar-refractivity contribution is 0.0374. The summed E-state index contributed by atoms with van der Waals surface area (Å²) in [5.74, 6) is 0. The highest BCUT2D eigenvalue weighted by atomic mass is 16.5. The van der Waals surface area contributed by atoms with Crippen LogP contribution in [0.25, 0.3) is 0 Å². The number of hydrogen-bond donors (Lipinski definition) is 1. The molecule has 90 valence electrons. The zero-order valence-corrected chi connectivity index (χ0v) is 10.2. The molecule has 1 unspecified atom stereocenters. The van der Waals surface area contributed by atoms with Gasteiger partial charge in [-0.05, 0) is 32.8 Å². The van der Waals surface area contributed by atoms with Gasteiger partial charge in [-0.25, -0.2) is 0 Å². The van der Waals surface area contributed by atoms with E-state index < -0.39 is 0 Å². The summed E-state index contributed by atoms with van der Waals surface area (Å²) in [7, 11) is 0. The first-order valence-electron chi connectivity index (χ1n) is 6.03. The summed E-state index contributed by atoms with van der Waals surface area (Å²) in [6, 6.07) is 2.13. The second-order valence-electron chi connectivity index (χ2n) is 4.79. The molecule has 0 spiro atoms. The molecule has 1 saturated heterocycles. The molecule has 4 nitrogen and oxygen atoms in total. The predicted molar refractivity (Wildman–Crippen MR) is 63.3 cm³/mol. The second kappa shape index (κ2) is 4.55. The van der Waals surface area contributed by atoms with E-state index in [2.05, 4.69) is 18.1 Å². The molecule has 0 saturated carbocycles. The van der Waals surface area contributed by atoms with Crippen molar-refractivity contribution in [2.45, 2.75) is 45.2 Å². The highest BCUT2D eigenvalue weighted by Gasteiger charge is 2.29. The molecule has 1 aliphatic heterocycles. The van der Waals surface area contributed by atoms with Crippen LogP contribution < -0.4 is 5.73 Å². The summed E-state index contributed by atoms with van der Waals surface area (Å²) in [5.41, 5.74) is 8.46. The molecule has 2 heterocycles. The van der Waals surface area contributed by atoms with Gasteiger partial charge >= 0.3 is 0 Å². The molecule has 0 aliphatic carbocycles. The third-order valence-corrected chi connectivity index (χ3v) is 3.17. The van der Waals surface area contributed by atoms with Gasteiger partial charge in [0.25, 0.3) is 0 Å². The molecule has 2 N–H and O–H groups in total. The van der Waals surface area contributed by atoms with Gasteiger partial charge in [0.15, 0.2) is 0 Å². The quantitative estimate of drug-likeness (QED) is 0.839. The van der Waals surface area contributed by atoms with Crippen molar-refractivity contribution < 1.29 is 4.74 Å². The van der Waals surface area contributed by atoms with Gasteiger partial charge in [0.05, 0.1) is 12.3 Å². The highest BCUT2D eigenvalue weighted by Crippen LogP contribution is 2.21. The lowest BCUT2D eigenvalue weighted by Crippen LogP contribution is -2.49.